The van der Waals surface area contributed by atoms with E-state index in [1.54, 1.807) is 13.2 Å². The van der Waals surface area contributed by atoms with Crippen molar-refractivity contribution in [1.29, 1.82) is 0 Å². The first-order valence-corrected chi connectivity index (χ1v) is 4.50. The molecule has 0 radical (unpaired) electrons. The molecule has 0 aromatic carbocycles. The molecule has 0 spiro atoms. The predicted molar refractivity (Wildman–Crippen MR) is 57.5 cm³/mol. The number of nitrogens with zero attached hydrogens (tertiary/aromatic N) is 1. The fourth-order valence-electron chi connectivity index (χ4n) is 0.964. The average molecular weight is 195 g/mol. The summed E-state index contributed by atoms with van der Waals surface area (Å²) in [7, 11) is 1.80. The Morgan fingerprint density at radius 1 is 1.62 bits per heavy atom. The van der Waals surface area contributed by atoms with E-state index in [2.05, 4.69) is 15.6 Å². The van der Waals surface area contributed by atoms with Crippen molar-refractivity contribution in [3.63, 3.8) is 0 Å². The molecule has 1 rings (SSSR count). The van der Waals surface area contributed by atoms with Crippen LogP contribution in [0.3, 0.4) is 0 Å². The second-order valence-electron chi connectivity index (χ2n) is 2.73. The van der Waals surface area contributed by atoms with E-state index in [0.29, 0.717) is 5.11 Å². The fraction of sp³-hybridized carbons (Fsp3) is 0.333. The second kappa shape index (κ2) is 4.77. The van der Waals surface area contributed by atoms with Crippen molar-refractivity contribution in [2.75, 3.05) is 7.05 Å². The van der Waals surface area contributed by atoms with E-state index >= 15 is 0 Å². The van der Waals surface area contributed by atoms with E-state index in [1.807, 2.05) is 19.2 Å². The Bertz CT molecular complexity index is 299. The molecule has 0 fully saturated rings. The van der Waals surface area contributed by atoms with Crippen molar-refractivity contribution >= 4 is 17.3 Å². The average Bonchev–Trinajstić information content (AvgIpc) is 2.16. The Hall–Kier alpha value is -1.16. The molecular weight excluding hydrogens is 182 g/mol. The van der Waals surface area contributed by atoms with Gasteiger partial charge >= 0.3 is 0 Å². The van der Waals surface area contributed by atoms with Crippen LogP contribution in [0.5, 0.6) is 0 Å². The number of aryl methyl sites for hydroxylation is 1. The van der Waals surface area contributed by atoms with Crippen LogP contribution in [-0.2, 0) is 6.54 Å². The highest BCUT2D eigenvalue weighted by Gasteiger charge is 1.97. The van der Waals surface area contributed by atoms with Crippen LogP contribution in [0.2, 0.25) is 0 Å². The molecule has 0 amide bonds. The van der Waals surface area contributed by atoms with Gasteiger partial charge in [-0.1, -0.05) is 0 Å². The lowest BCUT2D eigenvalue weighted by Crippen LogP contribution is -2.31. The summed E-state index contributed by atoms with van der Waals surface area (Å²) in [6.07, 6.45) is 3.63. The van der Waals surface area contributed by atoms with Crippen LogP contribution in [0.4, 0.5) is 0 Å². The molecule has 1 heterocycles. The number of pyridine rings is 1. The van der Waals surface area contributed by atoms with Crippen LogP contribution in [0.25, 0.3) is 0 Å². The molecule has 0 aliphatic rings. The molecule has 0 aliphatic heterocycles. The van der Waals surface area contributed by atoms with Crippen LogP contribution in [0.15, 0.2) is 18.5 Å². The number of hydrogen-bond donors (Lipinski definition) is 2. The molecule has 0 unspecified atom stereocenters. The number of thiocarbonyl (C=S) groups is 1. The summed E-state index contributed by atoms with van der Waals surface area (Å²) in [6.45, 7) is 2.78. The molecule has 0 saturated heterocycles. The third kappa shape index (κ3) is 2.99. The summed E-state index contributed by atoms with van der Waals surface area (Å²) in [6, 6.07) is 1.99. The summed E-state index contributed by atoms with van der Waals surface area (Å²) in [5.41, 5.74) is 2.39. The van der Waals surface area contributed by atoms with Gasteiger partial charge in [0.2, 0.25) is 0 Å². The maximum absolute atomic E-state index is 4.96. The molecule has 70 valence electrons. The first-order valence-electron chi connectivity index (χ1n) is 4.09. The topological polar surface area (TPSA) is 37.0 Å². The van der Waals surface area contributed by atoms with E-state index < -0.39 is 0 Å². The van der Waals surface area contributed by atoms with E-state index in [9.17, 15) is 0 Å². The molecular formula is C9H13N3S. The van der Waals surface area contributed by atoms with Gasteiger partial charge in [-0.3, -0.25) is 4.98 Å². The highest BCUT2D eigenvalue weighted by atomic mass is 32.1. The van der Waals surface area contributed by atoms with Crippen LogP contribution in [0, 0.1) is 6.92 Å². The summed E-state index contributed by atoms with van der Waals surface area (Å²) < 4.78 is 0. The smallest absolute Gasteiger partial charge is 0.166 e. The van der Waals surface area contributed by atoms with E-state index in [1.165, 1.54) is 11.1 Å². The summed E-state index contributed by atoms with van der Waals surface area (Å²) in [4.78, 5) is 4.02. The minimum Gasteiger partial charge on any atom is -0.366 e. The largest absolute Gasteiger partial charge is 0.366 e. The molecule has 13 heavy (non-hydrogen) atoms. The van der Waals surface area contributed by atoms with Crippen LogP contribution in [0.1, 0.15) is 11.1 Å². The van der Waals surface area contributed by atoms with Crippen molar-refractivity contribution in [2.24, 2.45) is 0 Å². The van der Waals surface area contributed by atoms with Crippen LogP contribution < -0.4 is 10.6 Å². The van der Waals surface area contributed by atoms with Crippen molar-refractivity contribution < 1.29 is 0 Å². The summed E-state index contributed by atoms with van der Waals surface area (Å²) in [5.74, 6) is 0. The third-order valence-electron chi connectivity index (χ3n) is 1.80. The maximum atomic E-state index is 4.96. The zero-order valence-corrected chi connectivity index (χ0v) is 8.61. The van der Waals surface area contributed by atoms with Crippen molar-refractivity contribution in [3.8, 4) is 0 Å². The highest BCUT2D eigenvalue weighted by molar-refractivity contribution is 7.80. The minimum absolute atomic E-state index is 0.663. The summed E-state index contributed by atoms with van der Waals surface area (Å²) in [5, 5.41) is 6.60. The Kier molecular flexibility index (Phi) is 3.64. The number of nitrogens with one attached hydrogen (secondary N) is 2. The minimum atomic E-state index is 0.663. The van der Waals surface area contributed by atoms with Crippen LogP contribution in [-0.4, -0.2) is 17.1 Å². The van der Waals surface area contributed by atoms with Gasteiger partial charge in [-0.25, -0.2) is 0 Å². The Labute approximate surface area is 83.6 Å². The standard InChI is InChI=1S/C9H13N3S/c1-7-5-11-4-3-8(7)6-12-9(13)10-2/h3-5H,6H2,1-2H3,(H2,10,12,13). The first-order chi connectivity index (χ1) is 6.24. The van der Waals surface area contributed by atoms with Crippen molar-refractivity contribution in [2.45, 2.75) is 13.5 Å². The quantitative estimate of drug-likeness (QED) is 0.690. The molecule has 0 saturated carbocycles. The van der Waals surface area contributed by atoms with Crippen LogP contribution >= 0.6 is 12.2 Å². The summed E-state index contributed by atoms with van der Waals surface area (Å²) >= 11 is 4.96. The Morgan fingerprint density at radius 2 is 2.38 bits per heavy atom. The first kappa shape index (κ1) is 9.92. The Balaban J connectivity index is 2.54. The van der Waals surface area contributed by atoms with Crippen molar-refractivity contribution in [1.82, 2.24) is 15.6 Å². The van der Waals surface area contributed by atoms with Gasteiger partial charge in [0.15, 0.2) is 5.11 Å². The molecule has 0 aliphatic carbocycles. The monoisotopic (exact) mass is 195 g/mol. The zero-order chi connectivity index (χ0) is 9.68. The molecule has 3 nitrogen and oxygen atoms in total. The number of hydrogen-bond acceptors (Lipinski definition) is 2. The van der Waals surface area contributed by atoms with Crippen molar-refractivity contribution in [3.05, 3.63) is 29.6 Å². The van der Waals surface area contributed by atoms with Gasteiger partial charge in [-0.2, -0.15) is 0 Å². The zero-order valence-electron chi connectivity index (χ0n) is 7.79. The van der Waals surface area contributed by atoms with Gasteiger partial charge in [0, 0.05) is 26.0 Å². The molecule has 1 aromatic rings. The lowest BCUT2D eigenvalue weighted by molar-refractivity contribution is 0.879. The number of rotatable bonds is 2. The normalized spacial score (nSPS) is 9.38. The number of aromatic nitrogens is 1. The highest BCUT2D eigenvalue weighted by Crippen LogP contribution is 2.03. The van der Waals surface area contributed by atoms with Gasteiger partial charge in [-0.15, -0.1) is 0 Å². The van der Waals surface area contributed by atoms with Gasteiger partial charge in [0.25, 0.3) is 0 Å². The van der Waals surface area contributed by atoms with Gasteiger partial charge in [-0.05, 0) is 36.3 Å². The molecule has 2 N–H and O–H groups in total. The Morgan fingerprint density at radius 3 is 3.00 bits per heavy atom. The van der Waals surface area contributed by atoms with E-state index in [0.717, 1.165) is 6.54 Å². The van der Waals surface area contributed by atoms with Gasteiger partial charge in [0.05, 0.1) is 0 Å². The molecule has 0 bridgehead atoms. The molecule has 0 atom stereocenters. The van der Waals surface area contributed by atoms with E-state index in [4.69, 9.17) is 12.2 Å². The SMILES string of the molecule is CNC(=S)NCc1ccncc1C. The molecule has 1 aromatic heterocycles. The molecule has 4 heteroatoms. The lowest BCUT2D eigenvalue weighted by atomic mass is 10.2. The maximum Gasteiger partial charge on any atom is 0.166 e. The predicted octanol–water partition coefficient (Wildman–Crippen LogP) is 0.984. The fourth-order valence-corrected chi connectivity index (χ4v) is 1.04. The second-order valence-corrected chi connectivity index (χ2v) is 3.14. The third-order valence-corrected chi connectivity index (χ3v) is 2.15. The lowest BCUT2D eigenvalue weighted by Gasteiger charge is -2.08. The van der Waals surface area contributed by atoms with E-state index in [-0.39, 0.29) is 0 Å². The van der Waals surface area contributed by atoms with Gasteiger partial charge < -0.3 is 10.6 Å². The van der Waals surface area contributed by atoms with Gasteiger partial charge in [0.1, 0.15) is 0 Å².